The van der Waals surface area contributed by atoms with E-state index in [1.54, 1.807) is 0 Å². The van der Waals surface area contributed by atoms with E-state index in [0.29, 0.717) is 0 Å². The van der Waals surface area contributed by atoms with Crippen molar-refractivity contribution in [3.05, 3.63) is 16.7 Å². The molecule has 4 atom stereocenters. The SMILES string of the molecule is Nc1nc2c(ncn2[C@@H]2O[C@H](CO)C(O)C2O)c(=O)[nH]1.[H-].[H-].[Na+].[Na+]. The summed E-state index contributed by atoms with van der Waals surface area (Å²) in [5, 5.41) is 28.7. The van der Waals surface area contributed by atoms with Crippen LogP contribution in [0.25, 0.3) is 11.2 Å². The van der Waals surface area contributed by atoms with Gasteiger partial charge in [-0.2, -0.15) is 4.98 Å². The number of rotatable bonds is 2. The Morgan fingerprint density at radius 1 is 1.41 bits per heavy atom. The molecule has 1 aliphatic heterocycles. The summed E-state index contributed by atoms with van der Waals surface area (Å²) in [7, 11) is 0. The molecular formula is C10H15N5Na2O5. The molecule has 1 aliphatic rings. The Bertz CT molecular complexity index is 716. The van der Waals surface area contributed by atoms with Crippen molar-refractivity contribution in [2.75, 3.05) is 12.3 Å². The van der Waals surface area contributed by atoms with Crippen LogP contribution in [0.4, 0.5) is 5.95 Å². The van der Waals surface area contributed by atoms with Crippen LogP contribution in [0.1, 0.15) is 9.08 Å². The van der Waals surface area contributed by atoms with Crippen molar-refractivity contribution < 1.29 is 82.0 Å². The molecular weight excluding hydrogens is 316 g/mol. The second-order valence-electron chi connectivity index (χ2n) is 4.50. The van der Waals surface area contributed by atoms with Gasteiger partial charge in [0.25, 0.3) is 5.56 Å². The summed E-state index contributed by atoms with van der Waals surface area (Å²) in [5.41, 5.74) is 5.12. The average molecular weight is 331 g/mol. The topological polar surface area (TPSA) is 160 Å². The first-order chi connectivity index (χ1) is 9.52. The molecule has 1 saturated heterocycles. The van der Waals surface area contributed by atoms with Crippen LogP contribution in [0.15, 0.2) is 11.1 Å². The second-order valence-corrected chi connectivity index (χ2v) is 4.50. The molecule has 1 fully saturated rings. The first-order valence-corrected chi connectivity index (χ1v) is 5.87. The fraction of sp³-hybridized carbons (Fsp3) is 0.500. The molecule has 3 rings (SSSR count). The second kappa shape index (κ2) is 7.71. The van der Waals surface area contributed by atoms with Gasteiger partial charge in [-0.1, -0.05) is 0 Å². The molecule has 0 aliphatic carbocycles. The number of nitrogens with one attached hydrogen (secondary N) is 1. The summed E-state index contributed by atoms with van der Waals surface area (Å²) in [5.74, 6) is -0.101. The maximum Gasteiger partial charge on any atom is 1.00 e. The third-order valence-corrected chi connectivity index (χ3v) is 3.24. The summed E-state index contributed by atoms with van der Waals surface area (Å²) in [6.07, 6.45) is -3.21. The van der Waals surface area contributed by atoms with Gasteiger partial charge in [0, 0.05) is 0 Å². The molecule has 22 heavy (non-hydrogen) atoms. The van der Waals surface area contributed by atoms with Gasteiger partial charge in [0.2, 0.25) is 5.95 Å². The number of H-pyrrole nitrogens is 1. The summed E-state index contributed by atoms with van der Waals surface area (Å²) < 4.78 is 6.64. The Morgan fingerprint density at radius 2 is 2.09 bits per heavy atom. The van der Waals surface area contributed by atoms with Gasteiger partial charge >= 0.3 is 59.1 Å². The van der Waals surface area contributed by atoms with Gasteiger partial charge in [-0.15, -0.1) is 0 Å². The molecule has 0 spiro atoms. The summed E-state index contributed by atoms with van der Waals surface area (Å²) in [4.78, 5) is 21.8. The monoisotopic (exact) mass is 331 g/mol. The molecule has 10 nitrogen and oxygen atoms in total. The van der Waals surface area contributed by atoms with Gasteiger partial charge < -0.3 is 28.6 Å². The van der Waals surface area contributed by atoms with Crippen LogP contribution in [0.3, 0.4) is 0 Å². The van der Waals surface area contributed by atoms with Crippen molar-refractivity contribution in [3.8, 4) is 0 Å². The Balaban J connectivity index is 0. The predicted molar refractivity (Wildman–Crippen MR) is 67.8 cm³/mol. The zero-order valence-corrected chi connectivity index (χ0v) is 16.2. The molecule has 112 valence electrons. The number of nitrogen functional groups attached to an aromatic ring is 1. The van der Waals surface area contributed by atoms with Crippen molar-refractivity contribution in [3.63, 3.8) is 0 Å². The van der Waals surface area contributed by atoms with Gasteiger partial charge in [-0.3, -0.25) is 14.3 Å². The molecule has 0 radical (unpaired) electrons. The first-order valence-electron chi connectivity index (χ1n) is 5.87. The van der Waals surface area contributed by atoms with Gasteiger partial charge in [-0.25, -0.2) is 4.98 Å². The number of hydrogen-bond acceptors (Lipinski definition) is 8. The standard InChI is InChI=1S/C10H13N5O5.2Na.2H/c11-10-13-7-4(8(19)14-10)12-2-15(7)9-6(18)5(17)3(1-16)20-9;;;;/h2-3,5-6,9,16-18H,1H2,(H3,11,13,14,19);;;;/q;2*+1;2*-1/t3-,5?,6?,9-;;;;/m1..../s1. The fourth-order valence-electron chi connectivity index (χ4n) is 2.24. The Hall–Kier alpha value is -0.0100. The number of aliphatic hydroxyl groups excluding tert-OH is 3. The maximum absolute atomic E-state index is 11.7. The molecule has 2 aromatic rings. The minimum Gasteiger partial charge on any atom is -1.00 e. The van der Waals surface area contributed by atoms with E-state index in [-0.39, 0.29) is 79.1 Å². The predicted octanol–water partition coefficient (Wildman–Crippen LogP) is -8.45. The summed E-state index contributed by atoms with van der Waals surface area (Å²) >= 11 is 0. The Labute approximate surface area is 171 Å². The third-order valence-electron chi connectivity index (χ3n) is 3.24. The van der Waals surface area contributed by atoms with E-state index in [2.05, 4.69) is 15.0 Å². The smallest absolute Gasteiger partial charge is 1.00 e. The molecule has 6 N–H and O–H groups in total. The molecule has 0 aromatic carbocycles. The van der Waals surface area contributed by atoms with Gasteiger partial charge in [0.05, 0.1) is 12.9 Å². The van der Waals surface area contributed by atoms with Crippen LogP contribution >= 0.6 is 0 Å². The maximum atomic E-state index is 11.7. The van der Waals surface area contributed by atoms with Crippen LogP contribution in [-0.4, -0.2) is 59.8 Å². The van der Waals surface area contributed by atoms with E-state index in [1.807, 2.05) is 0 Å². The van der Waals surface area contributed by atoms with E-state index in [0.717, 1.165) is 0 Å². The van der Waals surface area contributed by atoms with Crippen LogP contribution in [-0.2, 0) is 4.74 Å². The first kappa shape index (κ1) is 20.0. The van der Waals surface area contributed by atoms with E-state index in [4.69, 9.17) is 15.6 Å². The Morgan fingerprint density at radius 3 is 2.68 bits per heavy atom. The number of nitrogens with zero attached hydrogens (tertiary/aromatic N) is 3. The molecule has 3 heterocycles. The van der Waals surface area contributed by atoms with Gasteiger partial charge in [0.1, 0.15) is 18.3 Å². The van der Waals surface area contributed by atoms with Crippen molar-refractivity contribution in [1.82, 2.24) is 19.5 Å². The number of nitrogens with two attached hydrogens (primary N) is 1. The van der Waals surface area contributed by atoms with Crippen LogP contribution < -0.4 is 70.4 Å². The normalized spacial score (nSPS) is 27.4. The van der Waals surface area contributed by atoms with E-state index in [9.17, 15) is 15.0 Å². The number of fused-ring (bicyclic) bond motifs is 1. The number of ether oxygens (including phenoxy) is 1. The van der Waals surface area contributed by atoms with Crippen molar-refractivity contribution in [1.29, 1.82) is 0 Å². The van der Waals surface area contributed by atoms with E-state index < -0.39 is 36.7 Å². The van der Waals surface area contributed by atoms with Crippen molar-refractivity contribution >= 4 is 17.1 Å². The number of aromatic nitrogens is 4. The number of hydrogen-bond donors (Lipinski definition) is 5. The molecule has 0 saturated carbocycles. The number of aromatic amines is 1. The zero-order valence-electron chi connectivity index (χ0n) is 14.2. The average Bonchev–Trinajstić information content (AvgIpc) is 2.93. The minimum absolute atomic E-state index is 0. The minimum atomic E-state index is -1.29. The van der Waals surface area contributed by atoms with Gasteiger partial charge in [-0.05, 0) is 0 Å². The fourth-order valence-corrected chi connectivity index (χ4v) is 2.24. The number of anilines is 1. The molecule has 12 heteroatoms. The molecule has 2 unspecified atom stereocenters. The van der Waals surface area contributed by atoms with E-state index in [1.165, 1.54) is 10.9 Å². The summed E-state index contributed by atoms with van der Waals surface area (Å²) in [6.45, 7) is -0.447. The molecule has 0 amide bonds. The molecule has 0 bridgehead atoms. The quantitative estimate of drug-likeness (QED) is 0.339. The van der Waals surface area contributed by atoms with E-state index >= 15 is 0 Å². The van der Waals surface area contributed by atoms with Crippen molar-refractivity contribution in [2.45, 2.75) is 24.5 Å². The summed E-state index contributed by atoms with van der Waals surface area (Å²) in [6, 6.07) is 0. The van der Waals surface area contributed by atoms with Crippen molar-refractivity contribution in [2.24, 2.45) is 0 Å². The van der Waals surface area contributed by atoms with Crippen LogP contribution in [0.2, 0.25) is 0 Å². The van der Waals surface area contributed by atoms with Gasteiger partial charge in [0.15, 0.2) is 17.4 Å². The van der Waals surface area contributed by atoms with Crippen LogP contribution in [0, 0.1) is 0 Å². The molecule has 2 aromatic heterocycles. The number of imidazole rings is 1. The van der Waals surface area contributed by atoms with Crippen LogP contribution in [0.5, 0.6) is 0 Å². The third kappa shape index (κ3) is 3.26. The zero-order chi connectivity index (χ0) is 14.4. The number of aliphatic hydroxyl groups is 3. The Kier molecular flexibility index (Phi) is 7.02. The largest absolute Gasteiger partial charge is 1.00 e.